The standard InChI is InChI=1S/C29H34N4O2S/c1-20-24(11-9-22(6-3-13-30)28(20)32-15-17-34)27(26-8-5-19-36-26)25-12-10-23(7-4-14-31)29(21(25)2)33-16-18-35/h5,8-12,19,27,32-35H,3-4,6-7,15-18H2,1-2H3. The normalized spacial score (nSPS) is 10.8. The van der Waals surface area contributed by atoms with Gasteiger partial charge in [0.25, 0.3) is 0 Å². The molecule has 0 radical (unpaired) electrons. The maximum atomic E-state index is 9.46. The molecular weight excluding hydrogens is 468 g/mol. The summed E-state index contributed by atoms with van der Waals surface area (Å²) in [5.74, 6) is -0.00983. The number of aliphatic hydroxyl groups excluding tert-OH is 2. The van der Waals surface area contributed by atoms with E-state index in [9.17, 15) is 10.2 Å². The lowest BCUT2D eigenvalue weighted by molar-refractivity contribution is 0.310. The summed E-state index contributed by atoms with van der Waals surface area (Å²) in [5.41, 5.74) is 8.67. The quantitative estimate of drug-likeness (QED) is 0.253. The van der Waals surface area contributed by atoms with Gasteiger partial charge in [-0.2, -0.15) is 10.5 Å². The van der Waals surface area contributed by atoms with Crippen LogP contribution in [0.25, 0.3) is 0 Å². The number of nitriles is 2. The second-order valence-corrected chi connectivity index (χ2v) is 9.67. The van der Waals surface area contributed by atoms with E-state index in [-0.39, 0.29) is 19.1 Å². The summed E-state index contributed by atoms with van der Waals surface area (Å²) >= 11 is 1.71. The molecule has 1 aromatic heterocycles. The van der Waals surface area contributed by atoms with Gasteiger partial charge in [0.2, 0.25) is 0 Å². The molecule has 188 valence electrons. The van der Waals surface area contributed by atoms with Crippen LogP contribution in [0.2, 0.25) is 0 Å². The molecule has 4 N–H and O–H groups in total. The van der Waals surface area contributed by atoms with Crippen LogP contribution in [0.3, 0.4) is 0 Å². The molecule has 0 aliphatic carbocycles. The number of rotatable bonds is 13. The van der Waals surface area contributed by atoms with Gasteiger partial charge in [-0.3, -0.25) is 0 Å². The summed E-state index contributed by atoms with van der Waals surface area (Å²) in [6, 6.07) is 17.2. The summed E-state index contributed by atoms with van der Waals surface area (Å²) in [4.78, 5) is 1.22. The molecule has 0 unspecified atom stereocenters. The summed E-state index contributed by atoms with van der Waals surface area (Å²) in [6.45, 7) is 5.14. The van der Waals surface area contributed by atoms with E-state index < -0.39 is 0 Å². The Kier molecular flexibility index (Phi) is 10.3. The third-order valence-electron chi connectivity index (χ3n) is 6.48. The first kappa shape index (κ1) is 27.2. The van der Waals surface area contributed by atoms with Crippen molar-refractivity contribution in [1.29, 1.82) is 10.5 Å². The third-order valence-corrected chi connectivity index (χ3v) is 7.41. The predicted octanol–water partition coefficient (Wildman–Crippen LogP) is 5.27. The van der Waals surface area contributed by atoms with Gasteiger partial charge in [0.1, 0.15) is 0 Å². The molecule has 0 amide bonds. The van der Waals surface area contributed by atoms with Crippen molar-refractivity contribution < 1.29 is 10.2 Å². The Morgan fingerprint density at radius 1 is 0.806 bits per heavy atom. The van der Waals surface area contributed by atoms with Crippen molar-refractivity contribution in [3.05, 3.63) is 80.0 Å². The molecule has 3 rings (SSSR count). The third kappa shape index (κ3) is 6.25. The number of benzene rings is 2. The van der Waals surface area contributed by atoms with Crippen LogP contribution in [0.15, 0.2) is 41.8 Å². The molecule has 3 aromatic rings. The predicted molar refractivity (Wildman–Crippen MR) is 147 cm³/mol. The van der Waals surface area contributed by atoms with Crippen molar-refractivity contribution in [3.63, 3.8) is 0 Å². The van der Waals surface area contributed by atoms with E-state index in [0.717, 1.165) is 33.6 Å². The van der Waals surface area contributed by atoms with Crippen LogP contribution in [0.5, 0.6) is 0 Å². The zero-order valence-electron chi connectivity index (χ0n) is 21.0. The molecule has 1 heterocycles. The lowest BCUT2D eigenvalue weighted by atomic mass is 9.82. The molecule has 0 atom stereocenters. The van der Waals surface area contributed by atoms with Crippen LogP contribution in [-0.4, -0.2) is 36.5 Å². The number of aliphatic hydroxyl groups is 2. The van der Waals surface area contributed by atoms with Gasteiger partial charge < -0.3 is 20.8 Å². The number of nitrogens with one attached hydrogen (secondary N) is 2. The molecule has 0 aliphatic rings. The average Bonchev–Trinajstić information content (AvgIpc) is 3.42. The highest BCUT2D eigenvalue weighted by Gasteiger charge is 2.25. The average molecular weight is 503 g/mol. The van der Waals surface area contributed by atoms with Crippen LogP contribution in [0.4, 0.5) is 11.4 Å². The summed E-state index contributed by atoms with van der Waals surface area (Å²) < 4.78 is 0. The molecule has 0 fully saturated rings. The number of nitrogens with zero attached hydrogens (tertiary/aromatic N) is 2. The molecule has 0 aliphatic heterocycles. The minimum atomic E-state index is -0.00983. The lowest BCUT2D eigenvalue weighted by Gasteiger charge is -2.26. The van der Waals surface area contributed by atoms with Gasteiger partial charge in [-0.25, -0.2) is 0 Å². The van der Waals surface area contributed by atoms with Crippen molar-refractivity contribution in [2.45, 2.75) is 45.4 Å². The highest BCUT2D eigenvalue weighted by Crippen LogP contribution is 2.42. The lowest BCUT2D eigenvalue weighted by Crippen LogP contribution is -2.14. The van der Waals surface area contributed by atoms with Crippen LogP contribution in [0.1, 0.15) is 57.0 Å². The van der Waals surface area contributed by atoms with E-state index in [1.165, 1.54) is 16.0 Å². The monoisotopic (exact) mass is 502 g/mol. The Morgan fingerprint density at radius 3 is 1.69 bits per heavy atom. The van der Waals surface area contributed by atoms with Gasteiger partial charge in [0.15, 0.2) is 0 Å². The first-order valence-electron chi connectivity index (χ1n) is 12.3. The van der Waals surface area contributed by atoms with Crippen LogP contribution < -0.4 is 10.6 Å². The van der Waals surface area contributed by atoms with E-state index in [1.807, 2.05) is 0 Å². The molecule has 36 heavy (non-hydrogen) atoms. The van der Waals surface area contributed by atoms with Gasteiger partial charge in [-0.15, -0.1) is 11.3 Å². The minimum absolute atomic E-state index is 0.00983. The summed E-state index contributed by atoms with van der Waals surface area (Å²) in [7, 11) is 0. The first-order chi connectivity index (χ1) is 17.6. The van der Waals surface area contributed by atoms with Gasteiger partial charge in [0, 0.05) is 48.1 Å². The Morgan fingerprint density at radius 2 is 1.31 bits per heavy atom. The maximum absolute atomic E-state index is 9.46. The van der Waals surface area contributed by atoms with Crippen molar-refractivity contribution >= 4 is 22.7 Å². The SMILES string of the molecule is Cc1c(C(c2cccs2)c2ccc(CCC#N)c(NCCO)c2C)ccc(CCC#N)c1NCCO. The fourth-order valence-electron chi connectivity index (χ4n) is 4.77. The first-order valence-corrected chi connectivity index (χ1v) is 13.2. The van der Waals surface area contributed by atoms with E-state index in [4.69, 9.17) is 10.5 Å². The Labute approximate surface area is 217 Å². The fraction of sp³-hybridized carbons (Fsp3) is 0.379. The molecule has 0 saturated heterocycles. The number of anilines is 2. The highest BCUT2D eigenvalue weighted by atomic mass is 32.1. The topological polar surface area (TPSA) is 112 Å². The van der Waals surface area contributed by atoms with Gasteiger partial charge >= 0.3 is 0 Å². The Balaban J connectivity index is 2.19. The number of hydrogen-bond donors (Lipinski definition) is 4. The van der Waals surface area contributed by atoms with Crippen molar-refractivity contribution in [2.75, 3.05) is 36.9 Å². The molecule has 0 spiro atoms. The Bertz CT molecular complexity index is 1150. The van der Waals surface area contributed by atoms with Gasteiger partial charge in [0.05, 0.1) is 25.4 Å². The summed E-state index contributed by atoms with van der Waals surface area (Å²) in [6.07, 6.45) is 2.17. The van der Waals surface area contributed by atoms with Crippen LogP contribution in [-0.2, 0) is 12.8 Å². The maximum Gasteiger partial charge on any atom is 0.0625 e. The minimum Gasteiger partial charge on any atom is -0.395 e. The van der Waals surface area contributed by atoms with Crippen molar-refractivity contribution in [1.82, 2.24) is 0 Å². The van der Waals surface area contributed by atoms with Crippen LogP contribution >= 0.6 is 11.3 Å². The zero-order chi connectivity index (χ0) is 25.9. The van der Waals surface area contributed by atoms with E-state index in [1.54, 1.807) is 11.3 Å². The van der Waals surface area contributed by atoms with Crippen molar-refractivity contribution in [2.24, 2.45) is 0 Å². The zero-order valence-corrected chi connectivity index (χ0v) is 21.8. The highest BCUT2D eigenvalue weighted by molar-refractivity contribution is 7.10. The molecule has 6 nitrogen and oxygen atoms in total. The van der Waals surface area contributed by atoms with Gasteiger partial charge in [-0.05, 0) is 71.5 Å². The second kappa shape index (κ2) is 13.7. The molecule has 2 aromatic carbocycles. The van der Waals surface area contributed by atoms with E-state index in [2.05, 4.69) is 78.4 Å². The number of hydrogen-bond acceptors (Lipinski definition) is 7. The fourth-order valence-corrected chi connectivity index (χ4v) is 5.64. The summed E-state index contributed by atoms with van der Waals surface area (Å²) in [5, 5.41) is 46.0. The van der Waals surface area contributed by atoms with Gasteiger partial charge in [-0.1, -0.05) is 30.3 Å². The molecule has 0 saturated carbocycles. The molecule has 7 heteroatoms. The molecule has 0 bridgehead atoms. The number of aryl methyl sites for hydroxylation is 2. The Hall–Kier alpha value is -3.36. The smallest absolute Gasteiger partial charge is 0.0625 e. The molecular formula is C29H34N4O2S. The number of thiophene rings is 1. The van der Waals surface area contributed by atoms with Crippen molar-refractivity contribution in [3.8, 4) is 12.1 Å². The largest absolute Gasteiger partial charge is 0.395 e. The van der Waals surface area contributed by atoms with Crippen LogP contribution in [0, 0.1) is 36.5 Å². The second-order valence-electron chi connectivity index (χ2n) is 8.69. The van der Waals surface area contributed by atoms with E-state index >= 15 is 0 Å². The van der Waals surface area contributed by atoms with E-state index in [0.29, 0.717) is 38.8 Å².